The van der Waals surface area contributed by atoms with Crippen LogP contribution in [0.3, 0.4) is 0 Å². The summed E-state index contributed by atoms with van der Waals surface area (Å²) < 4.78 is 10.5. The second-order valence-electron chi connectivity index (χ2n) is 2.87. The van der Waals surface area contributed by atoms with E-state index in [0.29, 0.717) is 6.10 Å². The minimum absolute atomic E-state index is 0.377. The van der Waals surface area contributed by atoms with Gasteiger partial charge in [-0.05, 0) is 12.5 Å². The third-order valence-corrected chi connectivity index (χ3v) is 1.83. The molecule has 0 aromatic rings. The van der Waals surface area contributed by atoms with Crippen molar-refractivity contribution in [2.24, 2.45) is 0 Å². The summed E-state index contributed by atoms with van der Waals surface area (Å²) in [4.78, 5) is 0. The molecule has 1 heterocycles. The Morgan fingerprint density at radius 3 is 2.47 bits per heavy atom. The van der Waals surface area contributed by atoms with Crippen LogP contribution in [-0.2, 0) is 9.47 Å². The van der Waals surface area contributed by atoms with Gasteiger partial charge in [0, 0.05) is 6.42 Å². The van der Waals surface area contributed by atoms with Crippen molar-refractivity contribution in [1.82, 2.24) is 0 Å². The van der Waals surface area contributed by atoms with Gasteiger partial charge in [0.25, 0.3) is 0 Å². The maximum absolute atomic E-state index is 5.49. The molecule has 2 rings (SSSR count). The van der Waals surface area contributed by atoms with E-state index in [1.54, 1.807) is 0 Å². The normalized spacial score (nSPS) is 21.3. The first-order chi connectivity index (χ1) is 7.45. The van der Waals surface area contributed by atoms with Crippen LogP contribution in [0, 0.1) is 0 Å². The van der Waals surface area contributed by atoms with Crippen molar-refractivity contribution in [1.29, 1.82) is 0 Å². The van der Waals surface area contributed by atoms with Gasteiger partial charge >= 0.3 is 0 Å². The van der Waals surface area contributed by atoms with Crippen molar-refractivity contribution in [3.8, 4) is 0 Å². The molecule has 15 heavy (non-hydrogen) atoms. The lowest BCUT2D eigenvalue weighted by Crippen LogP contribution is -2.02. The van der Waals surface area contributed by atoms with Gasteiger partial charge in [-0.2, -0.15) is 0 Å². The smallest absolute Gasteiger partial charge is 0.116 e. The molecule has 1 unspecified atom stereocenters. The van der Waals surface area contributed by atoms with Crippen molar-refractivity contribution in [2.75, 3.05) is 13.2 Å². The number of allylic oxidation sites excluding steroid dienone is 4. The fraction of sp³-hybridized carbons (Fsp3) is 0.692. The summed E-state index contributed by atoms with van der Waals surface area (Å²) >= 11 is 0. The molecule has 0 saturated carbocycles. The predicted octanol–water partition coefficient (Wildman–Crippen LogP) is 3.69. The van der Waals surface area contributed by atoms with Gasteiger partial charge in [0.1, 0.15) is 12.7 Å². The maximum atomic E-state index is 5.49. The van der Waals surface area contributed by atoms with Crippen LogP contribution >= 0.6 is 0 Å². The lowest BCUT2D eigenvalue weighted by atomic mass is 10.2. The molecule has 1 atom stereocenters. The van der Waals surface area contributed by atoms with Crippen LogP contribution in [0.2, 0.25) is 0 Å². The van der Waals surface area contributed by atoms with Gasteiger partial charge in [0.05, 0.1) is 12.4 Å². The first-order valence-corrected chi connectivity index (χ1v) is 6.05. The van der Waals surface area contributed by atoms with E-state index in [-0.39, 0.29) is 0 Å². The number of hydrogen-bond donors (Lipinski definition) is 0. The fourth-order valence-corrected chi connectivity index (χ4v) is 1.07. The molecule has 0 aromatic heterocycles. The van der Waals surface area contributed by atoms with Crippen molar-refractivity contribution in [3.05, 3.63) is 24.0 Å². The Balaban J connectivity index is 0.000000442. The predicted molar refractivity (Wildman–Crippen MR) is 64.8 cm³/mol. The molecular weight excluding hydrogens is 188 g/mol. The molecule has 2 aliphatic rings. The average Bonchev–Trinajstić information content (AvgIpc) is 3.17. The van der Waals surface area contributed by atoms with E-state index in [9.17, 15) is 0 Å². The van der Waals surface area contributed by atoms with Gasteiger partial charge in [-0.1, -0.05) is 39.8 Å². The first-order valence-electron chi connectivity index (χ1n) is 6.05. The minimum Gasteiger partial charge on any atom is -0.495 e. The molecule has 0 N–H and O–H groups in total. The third-order valence-electron chi connectivity index (χ3n) is 1.83. The van der Waals surface area contributed by atoms with Crippen LogP contribution < -0.4 is 0 Å². The molecule has 1 saturated heterocycles. The van der Waals surface area contributed by atoms with Crippen LogP contribution in [-0.4, -0.2) is 19.3 Å². The molecule has 2 heteroatoms. The van der Waals surface area contributed by atoms with E-state index < -0.39 is 0 Å². The molecule has 0 amide bonds. The lowest BCUT2D eigenvalue weighted by Gasteiger charge is -2.09. The van der Waals surface area contributed by atoms with Crippen LogP contribution in [0.15, 0.2) is 24.0 Å². The summed E-state index contributed by atoms with van der Waals surface area (Å²) in [5.74, 6) is 1.10. The highest BCUT2D eigenvalue weighted by atomic mass is 16.6. The Labute approximate surface area is 94.0 Å². The third kappa shape index (κ3) is 7.20. The molecule has 1 aliphatic carbocycles. The Bertz CT molecular complexity index is 191. The molecule has 0 radical (unpaired) electrons. The van der Waals surface area contributed by atoms with Gasteiger partial charge in [0.15, 0.2) is 0 Å². The van der Waals surface area contributed by atoms with Crippen molar-refractivity contribution in [3.63, 3.8) is 0 Å². The fourth-order valence-electron chi connectivity index (χ4n) is 1.07. The Morgan fingerprint density at radius 2 is 2.00 bits per heavy atom. The Morgan fingerprint density at radius 1 is 1.33 bits per heavy atom. The van der Waals surface area contributed by atoms with Crippen molar-refractivity contribution < 1.29 is 9.47 Å². The van der Waals surface area contributed by atoms with Gasteiger partial charge in [-0.15, -0.1) is 0 Å². The van der Waals surface area contributed by atoms with Gasteiger partial charge in [-0.3, -0.25) is 0 Å². The maximum Gasteiger partial charge on any atom is 0.116 e. The van der Waals surface area contributed by atoms with E-state index in [1.165, 1.54) is 0 Å². The highest BCUT2D eigenvalue weighted by molar-refractivity contribution is 5.12. The molecule has 1 aliphatic heterocycles. The zero-order chi connectivity index (χ0) is 11.5. The molecule has 1 fully saturated rings. The number of epoxide rings is 1. The van der Waals surface area contributed by atoms with E-state index in [1.807, 2.05) is 39.8 Å². The van der Waals surface area contributed by atoms with Crippen LogP contribution in [0.25, 0.3) is 0 Å². The van der Waals surface area contributed by atoms with Crippen LogP contribution in [0.5, 0.6) is 0 Å². The molecule has 88 valence electrons. The topological polar surface area (TPSA) is 21.8 Å². The summed E-state index contributed by atoms with van der Waals surface area (Å²) in [6.45, 7) is 9.61. The average molecular weight is 212 g/mol. The Kier molecular flexibility index (Phi) is 9.29. The molecule has 0 spiro atoms. The van der Waals surface area contributed by atoms with Gasteiger partial charge in [0.2, 0.25) is 0 Å². The summed E-state index contributed by atoms with van der Waals surface area (Å²) in [6.07, 6.45) is 8.77. The highest BCUT2D eigenvalue weighted by Crippen LogP contribution is 2.16. The summed E-state index contributed by atoms with van der Waals surface area (Å²) in [5.41, 5.74) is 0. The van der Waals surface area contributed by atoms with Gasteiger partial charge < -0.3 is 9.47 Å². The molecule has 2 nitrogen and oxygen atoms in total. The number of ether oxygens (including phenoxy) is 2. The molecule has 0 aromatic carbocycles. The summed E-state index contributed by atoms with van der Waals surface area (Å²) in [5, 5.41) is 0. The van der Waals surface area contributed by atoms with Gasteiger partial charge in [-0.25, -0.2) is 0 Å². The van der Waals surface area contributed by atoms with E-state index in [2.05, 4.69) is 6.08 Å². The quantitative estimate of drug-likeness (QED) is 0.665. The van der Waals surface area contributed by atoms with Crippen molar-refractivity contribution >= 4 is 0 Å². The molecular formula is C13H24O2. The lowest BCUT2D eigenvalue weighted by molar-refractivity contribution is 0.175. The second kappa shape index (κ2) is 9.78. The number of rotatable bonds is 3. The van der Waals surface area contributed by atoms with E-state index in [4.69, 9.17) is 9.47 Å². The van der Waals surface area contributed by atoms with E-state index in [0.717, 1.165) is 31.8 Å². The zero-order valence-corrected chi connectivity index (χ0v) is 10.5. The van der Waals surface area contributed by atoms with Crippen LogP contribution in [0.4, 0.5) is 0 Å². The number of hydrogen-bond acceptors (Lipinski definition) is 2. The summed E-state index contributed by atoms with van der Waals surface area (Å²) in [6, 6.07) is 0. The Hall–Kier alpha value is -0.760. The standard InChI is InChI=1S/C9H12O2.2C2H6/c1-2-4-8(5-3-1)10-6-9-7-11-9;2*1-2/h1-2,4,9H,3,5-7H2;2*1-2H3. The largest absolute Gasteiger partial charge is 0.495 e. The van der Waals surface area contributed by atoms with Crippen molar-refractivity contribution in [2.45, 2.75) is 46.6 Å². The second-order valence-corrected chi connectivity index (χ2v) is 2.87. The minimum atomic E-state index is 0.377. The first kappa shape index (κ1) is 14.2. The monoisotopic (exact) mass is 212 g/mol. The van der Waals surface area contributed by atoms with E-state index >= 15 is 0 Å². The van der Waals surface area contributed by atoms with Crippen LogP contribution in [0.1, 0.15) is 40.5 Å². The molecule has 0 bridgehead atoms. The highest BCUT2D eigenvalue weighted by Gasteiger charge is 2.23. The summed E-state index contributed by atoms with van der Waals surface area (Å²) in [7, 11) is 0. The SMILES string of the molecule is C1=CCCC(OCC2CO2)=C1.CC.CC. The zero-order valence-electron chi connectivity index (χ0n) is 10.5.